The summed E-state index contributed by atoms with van der Waals surface area (Å²) in [6.07, 6.45) is 1.24. The van der Waals surface area contributed by atoms with Gasteiger partial charge in [0.15, 0.2) is 0 Å². The predicted molar refractivity (Wildman–Crippen MR) is 73.6 cm³/mol. The smallest absolute Gasteiger partial charge is 0.263 e. The number of nitrogens with zero attached hydrogens (tertiary/aromatic N) is 2. The molecule has 1 amide bonds. The van der Waals surface area contributed by atoms with Crippen molar-refractivity contribution in [2.45, 2.75) is 11.4 Å². The Balaban J connectivity index is 2.65. The number of amides is 1. The topological polar surface area (TPSA) is 59.4 Å². The zero-order valence-electron chi connectivity index (χ0n) is 10.8. The second-order valence-electron chi connectivity index (χ2n) is 4.51. The average Bonchev–Trinajstić information content (AvgIpc) is 2.66. The number of hydrogen-bond donors (Lipinski definition) is 0. The highest BCUT2D eigenvalue weighted by molar-refractivity contribution is 8.14. The number of benzene rings is 1. The van der Waals surface area contributed by atoms with Crippen LogP contribution in [0.2, 0.25) is 0 Å². The first-order valence-electron chi connectivity index (χ1n) is 5.63. The summed E-state index contributed by atoms with van der Waals surface area (Å²) in [7, 11) is 4.50. The van der Waals surface area contributed by atoms with Crippen LogP contribution in [-0.2, 0) is 20.4 Å². The number of aromatic nitrogens is 1. The molecule has 20 heavy (non-hydrogen) atoms. The summed E-state index contributed by atoms with van der Waals surface area (Å²) >= 11 is 0. The minimum Gasteiger partial charge on any atom is -0.347 e. The first-order valence-corrected chi connectivity index (χ1v) is 7.94. The number of halogens is 2. The molecule has 2 aromatic rings. The van der Waals surface area contributed by atoms with Gasteiger partial charge in [-0.2, -0.15) is 0 Å². The van der Waals surface area contributed by atoms with Crippen LogP contribution in [0.4, 0.5) is 4.39 Å². The lowest BCUT2D eigenvalue weighted by Gasteiger charge is -2.11. The van der Waals surface area contributed by atoms with E-state index in [0.717, 1.165) is 6.07 Å². The van der Waals surface area contributed by atoms with Crippen LogP contribution in [0, 0.1) is 5.82 Å². The van der Waals surface area contributed by atoms with E-state index >= 15 is 0 Å². The summed E-state index contributed by atoms with van der Waals surface area (Å²) in [6.45, 7) is -0.0540. The molecule has 0 fully saturated rings. The number of carbonyl (C=O) groups is 1. The van der Waals surface area contributed by atoms with Gasteiger partial charge in [-0.05, 0) is 18.2 Å². The van der Waals surface area contributed by atoms with Gasteiger partial charge in [-0.1, -0.05) is 0 Å². The third-order valence-electron chi connectivity index (χ3n) is 2.87. The number of likely N-dealkylation sites (N-methyl/N-ethyl adjacent to an activating group) is 1. The first kappa shape index (κ1) is 14.8. The fourth-order valence-electron chi connectivity index (χ4n) is 1.85. The molecule has 0 radical (unpaired) electrons. The molecule has 0 unspecified atom stereocenters. The number of rotatable bonds is 3. The minimum absolute atomic E-state index is 0.0540. The van der Waals surface area contributed by atoms with E-state index in [1.165, 1.54) is 27.8 Å². The lowest BCUT2D eigenvalue weighted by atomic mass is 10.2. The molecule has 1 aromatic heterocycles. The number of hydrogen-bond acceptors (Lipinski definition) is 3. The number of fused-ring (bicyclic) bond motifs is 1. The zero-order valence-corrected chi connectivity index (χ0v) is 12.4. The van der Waals surface area contributed by atoms with E-state index in [1.807, 2.05) is 0 Å². The summed E-state index contributed by atoms with van der Waals surface area (Å²) < 4.78 is 37.8. The van der Waals surface area contributed by atoms with Crippen LogP contribution in [0.25, 0.3) is 10.9 Å². The molecule has 0 N–H and O–H groups in total. The Morgan fingerprint density at radius 1 is 1.40 bits per heavy atom. The Kier molecular flexibility index (Phi) is 3.75. The Bertz CT molecular complexity index is 783. The van der Waals surface area contributed by atoms with E-state index in [2.05, 4.69) is 0 Å². The van der Waals surface area contributed by atoms with Gasteiger partial charge in [0.2, 0.25) is 5.91 Å². The molecule has 0 bridgehead atoms. The highest BCUT2D eigenvalue weighted by Crippen LogP contribution is 2.28. The van der Waals surface area contributed by atoms with Crippen LogP contribution in [0.5, 0.6) is 0 Å². The largest absolute Gasteiger partial charge is 0.347 e. The van der Waals surface area contributed by atoms with E-state index in [-0.39, 0.29) is 22.7 Å². The van der Waals surface area contributed by atoms with Crippen molar-refractivity contribution in [3.8, 4) is 0 Å². The van der Waals surface area contributed by atoms with Crippen LogP contribution in [-0.4, -0.2) is 37.9 Å². The van der Waals surface area contributed by atoms with Crippen molar-refractivity contribution in [2.24, 2.45) is 0 Å². The Labute approximate surface area is 120 Å². The highest BCUT2D eigenvalue weighted by Gasteiger charge is 2.20. The maximum Gasteiger partial charge on any atom is 0.263 e. The monoisotopic (exact) mass is 318 g/mol. The van der Waals surface area contributed by atoms with E-state index < -0.39 is 14.9 Å². The van der Waals surface area contributed by atoms with Gasteiger partial charge in [0.25, 0.3) is 9.05 Å². The predicted octanol–water partition coefficient (Wildman–Crippen LogP) is 1.80. The van der Waals surface area contributed by atoms with Gasteiger partial charge in [-0.3, -0.25) is 4.79 Å². The van der Waals surface area contributed by atoms with E-state index in [0.29, 0.717) is 5.52 Å². The third kappa shape index (κ3) is 2.78. The second-order valence-corrected chi connectivity index (χ2v) is 7.04. The molecule has 0 saturated carbocycles. The van der Waals surface area contributed by atoms with Gasteiger partial charge in [0, 0.05) is 36.4 Å². The molecule has 0 spiro atoms. The molecule has 2 rings (SSSR count). The Morgan fingerprint density at radius 2 is 2.05 bits per heavy atom. The Hall–Kier alpha value is -1.60. The van der Waals surface area contributed by atoms with Crippen molar-refractivity contribution in [3.05, 3.63) is 30.2 Å². The molecule has 5 nitrogen and oxygen atoms in total. The molecular weight excluding hydrogens is 307 g/mol. The van der Waals surface area contributed by atoms with Gasteiger partial charge in [0.1, 0.15) is 17.3 Å². The normalized spacial score (nSPS) is 11.8. The minimum atomic E-state index is -4.02. The summed E-state index contributed by atoms with van der Waals surface area (Å²) in [4.78, 5) is 12.9. The molecule has 0 aliphatic rings. The van der Waals surface area contributed by atoms with Crippen molar-refractivity contribution >= 4 is 36.5 Å². The molecular formula is C12H12ClFN2O3S. The van der Waals surface area contributed by atoms with Crippen molar-refractivity contribution in [1.82, 2.24) is 9.47 Å². The van der Waals surface area contributed by atoms with Crippen LogP contribution >= 0.6 is 10.7 Å². The van der Waals surface area contributed by atoms with Gasteiger partial charge in [-0.25, -0.2) is 12.8 Å². The van der Waals surface area contributed by atoms with Crippen molar-refractivity contribution in [1.29, 1.82) is 0 Å². The maximum absolute atomic E-state index is 13.3. The van der Waals surface area contributed by atoms with Crippen molar-refractivity contribution < 1.29 is 17.6 Å². The lowest BCUT2D eigenvalue weighted by Crippen LogP contribution is -2.25. The fourth-order valence-corrected chi connectivity index (χ4v) is 2.90. The standard InChI is InChI=1S/C12H12ClFN2O3S/c1-15(2)12(17)7-16-6-11(20(13,18)19)9-5-8(14)3-4-10(9)16/h3-6H,7H2,1-2H3. The summed E-state index contributed by atoms with van der Waals surface area (Å²) in [5.41, 5.74) is 0.431. The van der Waals surface area contributed by atoms with Gasteiger partial charge in [-0.15, -0.1) is 0 Å². The van der Waals surface area contributed by atoms with Gasteiger partial charge < -0.3 is 9.47 Å². The van der Waals surface area contributed by atoms with Crippen LogP contribution in [0.3, 0.4) is 0 Å². The lowest BCUT2D eigenvalue weighted by molar-refractivity contribution is -0.129. The highest BCUT2D eigenvalue weighted by atomic mass is 35.7. The van der Waals surface area contributed by atoms with Crippen LogP contribution in [0.15, 0.2) is 29.3 Å². The third-order valence-corrected chi connectivity index (χ3v) is 4.22. The van der Waals surface area contributed by atoms with Gasteiger partial charge >= 0.3 is 0 Å². The Morgan fingerprint density at radius 3 is 2.60 bits per heavy atom. The molecule has 0 atom stereocenters. The fraction of sp³-hybridized carbons (Fsp3) is 0.250. The van der Waals surface area contributed by atoms with E-state index in [1.54, 1.807) is 14.1 Å². The maximum atomic E-state index is 13.3. The van der Waals surface area contributed by atoms with Crippen LogP contribution < -0.4 is 0 Å². The quantitative estimate of drug-likeness (QED) is 0.811. The molecule has 1 heterocycles. The average molecular weight is 319 g/mol. The van der Waals surface area contributed by atoms with Gasteiger partial charge in [0.05, 0.1) is 5.52 Å². The first-order chi connectivity index (χ1) is 9.20. The summed E-state index contributed by atoms with van der Waals surface area (Å²) in [6, 6.07) is 3.70. The molecule has 108 valence electrons. The second kappa shape index (κ2) is 5.06. The zero-order chi connectivity index (χ0) is 15.1. The summed E-state index contributed by atoms with van der Waals surface area (Å²) in [5, 5.41) is 0.159. The number of carbonyl (C=O) groups excluding carboxylic acids is 1. The molecule has 0 saturated heterocycles. The molecule has 1 aromatic carbocycles. The molecule has 0 aliphatic heterocycles. The van der Waals surface area contributed by atoms with Crippen LogP contribution in [0.1, 0.15) is 0 Å². The summed E-state index contributed by atoms with van der Waals surface area (Å²) in [5.74, 6) is -0.791. The molecule has 8 heteroatoms. The van der Waals surface area contributed by atoms with E-state index in [9.17, 15) is 17.6 Å². The van der Waals surface area contributed by atoms with Crippen molar-refractivity contribution in [3.63, 3.8) is 0 Å². The molecule has 0 aliphatic carbocycles. The SMILES string of the molecule is CN(C)C(=O)Cn1cc(S(=O)(=O)Cl)c2cc(F)ccc21. The van der Waals surface area contributed by atoms with E-state index in [4.69, 9.17) is 10.7 Å². The van der Waals surface area contributed by atoms with Crippen molar-refractivity contribution in [2.75, 3.05) is 14.1 Å².